The van der Waals surface area contributed by atoms with Crippen LogP contribution in [-0.4, -0.2) is 30.2 Å². The molecule has 1 unspecified atom stereocenters. The van der Waals surface area contributed by atoms with E-state index in [0.717, 1.165) is 26.0 Å². The quantitative estimate of drug-likeness (QED) is 0.827. The molecule has 2 rings (SSSR count). The Morgan fingerprint density at radius 2 is 2.25 bits per heavy atom. The number of aromatic nitrogens is 1. The molecule has 0 aromatic carbocycles. The number of ether oxygens (including phenoxy) is 1. The van der Waals surface area contributed by atoms with Gasteiger partial charge in [0.15, 0.2) is 0 Å². The SMILES string of the molecule is O=C(NCCn1cccc1)C1CCCOC1. The molecular weight excluding hydrogens is 204 g/mol. The summed E-state index contributed by atoms with van der Waals surface area (Å²) in [4.78, 5) is 11.7. The number of nitrogens with zero attached hydrogens (tertiary/aromatic N) is 1. The third kappa shape index (κ3) is 3.10. The van der Waals surface area contributed by atoms with Gasteiger partial charge in [0.25, 0.3) is 0 Å². The van der Waals surface area contributed by atoms with Gasteiger partial charge in [-0.15, -0.1) is 0 Å². The topological polar surface area (TPSA) is 43.3 Å². The zero-order chi connectivity index (χ0) is 11.2. The minimum Gasteiger partial charge on any atom is -0.381 e. The molecule has 1 saturated heterocycles. The second-order valence-corrected chi connectivity index (χ2v) is 4.13. The van der Waals surface area contributed by atoms with Gasteiger partial charge in [0, 0.05) is 32.1 Å². The second-order valence-electron chi connectivity index (χ2n) is 4.13. The maximum Gasteiger partial charge on any atom is 0.225 e. The van der Waals surface area contributed by atoms with Crippen LogP contribution in [0, 0.1) is 5.92 Å². The van der Waals surface area contributed by atoms with Crippen LogP contribution in [0.5, 0.6) is 0 Å². The molecule has 1 atom stereocenters. The molecule has 1 aromatic rings. The van der Waals surface area contributed by atoms with Gasteiger partial charge in [-0.3, -0.25) is 4.79 Å². The molecule has 1 aliphatic heterocycles. The molecule has 1 aliphatic rings. The summed E-state index contributed by atoms with van der Waals surface area (Å²) in [5.41, 5.74) is 0. The normalized spacial score (nSPS) is 20.6. The Morgan fingerprint density at radius 1 is 1.44 bits per heavy atom. The molecule has 4 heteroatoms. The van der Waals surface area contributed by atoms with E-state index in [0.29, 0.717) is 13.2 Å². The van der Waals surface area contributed by atoms with Gasteiger partial charge < -0.3 is 14.6 Å². The third-order valence-corrected chi connectivity index (χ3v) is 2.87. The van der Waals surface area contributed by atoms with Crippen LogP contribution in [0.3, 0.4) is 0 Å². The number of rotatable bonds is 4. The predicted molar refractivity (Wildman–Crippen MR) is 61.0 cm³/mol. The lowest BCUT2D eigenvalue weighted by Crippen LogP contribution is -2.37. The van der Waals surface area contributed by atoms with Gasteiger partial charge in [0.05, 0.1) is 12.5 Å². The Hall–Kier alpha value is -1.29. The molecule has 0 spiro atoms. The highest BCUT2D eigenvalue weighted by Gasteiger charge is 2.20. The maximum atomic E-state index is 11.7. The van der Waals surface area contributed by atoms with Gasteiger partial charge in [-0.2, -0.15) is 0 Å². The highest BCUT2D eigenvalue weighted by molar-refractivity contribution is 5.78. The number of hydrogen-bond acceptors (Lipinski definition) is 2. The fraction of sp³-hybridized carbons (Fsp3) is 0.583. The monoisotopic (exact) mass is 222 g/mol. The van der Waals surface area contributed by atoms with Gasteiger partial charge in [-0.05, 0) is 25.0 Å². The van der Waals surface area contributed by atoms with Crippen LogP contribution >= 0.6 is 0 Å². The molecule has 0 aliphatic carbocycles. The Morgan fingerprint density at radius 3 is 2.94 bits per heavy atom. The molecule has 0 bridgehead atoms. The largest absolute Gasteiger partial charge is 0.381 e. The molecule has 0 saturated carbocycles. The van der Waals surface area contributed by atoms with Crippen molar-refractivity contribution in [1.82, 2.24) is 9.88 Å². The number of amides is 1. The molecule has 2 heterocycles. The summed E-state index contributed by atoms with van der Waals surface area (Å²) in [7, 11) is 0. The van der Waals surface area contributed by atoms with Crippen molar-refractivity contribution in [2.45, 2.75) is 19.4 Å². The summed E-state index contributed by atoms with van der Waals surface area (Å²) in [6, 6.07) is 3.97. The van der Waals surface area contributed by atoms with Gasteiger partial charge in [0.2, 0.25) is 5.91 Å². The third-order valence-electron chi connectivity index (χ3n) is 2.87. The second kappa shape index (κ2) is 5.70. The first-order valence-corrected chi connectivity index (χ1v) is 5.82. The molecule has 1 fully saturated rings. The van der Waals surface area contributed by atoms with E-state index >= 15 is 0 Å². The lowest BCUT2D eigenvalue weighted by atomic mass is 10.0. The molecule has 1 amide bonds. The average Bonchev–Trinajstić information content (AvgIpc) is 2.83. The molecule has 1 N–H and O–H groups in total. The smallest absolute Gasteiger partial charge is 0.225 e. The first kappa shape index (κ1) is 11.2. The maximum absolute atomic E-state index is 11.7. The van der Waals surface area contributed by atoms with Crippen molar-refractivity contribution < 1.29 is 9.53 Å². The number of hydrogen-bond donors (Lipinski definition) is 1. The highest BCUT2D eigenvalue weighted by atomic mass is 16.5. The molecular formula is C12H18N2O2. The van der Waals surface area contributed by atoms with Crippen molar-refractivity contribution in [3.8, 4) is 0 Å². The standard InChI is InChI=1S/C12H18N2O2/c15-12(11-4-3-9-16-10-11)13-5-8-14-6-1-2-7-14/h1-2,6-7,11H,3-5,8-10H2,(H,13,15). The molecule has 1 aromatic heterocycles. The van der Waals surface area contributed by atoms with E-state index in [1.54, 1.807) is 0 Å². The lowest BCUT2D eigenvalue weighted by Gasteiger charge is -2.21. The average molecular weight is 222 g/mol. The van der Waals surface area contributed by atoms with Crippen molar-refractivity contribution >= 4 is 5.91 Å². The van der Waals surface area contributed by atoms with E-state index in [9.17, 15) is 4.79 Å². The zero-order valence-electron chi connectivity index (χ0n) is 9.39. The van der Waals surface area contributed by atoms with Crippen LogP contribution in [-0.2, 0) is 16.1 Å². The lowest BCUT2D eigenvalue weighted by molar-refractivity contribution is -0.128. The van der Waals surface area contributed by atoms with Crippen molar-refractivity contribution in [2.75, 3.05) is 19.8 Å². The van der Waals surface area contributed by atoms with Crippen LogP contribution in [0.2, 0.25) is 0 Å². The van der Waals surface area contributed by atoms with Crippen LogP contribution in [0.25, 0.3) is 0 Å². The van der Waals surface area contributed by atoms with Gasteiger partial charge in [0.1, 0.15) is 0 Å². The van der Waals surface area contributed by atoms with Crippen LogP contribution in [0.1, 0.15) is 12.8 Å². The van der Waals surface area contributed by atoms with E-state index in [4.69, 9.17) is 4.74 Å². The Balaban J connectivity index is 1.67. The van der Waals surface area contributed by atoms with Crippen molar-refractivity contribution in [2.24, 2.45) is 5.92 Å². The van der Waals surface area contributed by atoms with Crippen LogP contribution in [0.4, 0.5) is 0 Å². The zero-order valence-corrected chi connectivity index (χ0v) is 9.39. The summed E-state index contributed by atoms with van der Waals surface area (Å²) in [5, 5.41) is 2.95. The summed E-state index contributed by atoms with van der Waals surface area (Å²) < 4.78 is 7.34. The predicted octanol–water partition coefficient (Wildman–Crippen LogP) is 1.03. The minimum atomic E-state index is 0.0541. The summed E-state index contributed by atoms with van der Waals surface area (Å²) in [5.74, 6) is 0.185. The Bertz CT molecular complexity index is 316. The summed E-state index contributed by atoms with van der Waals surface area (Å²) in [6.07, 6.45) is 5.94. The number of carbonyl (C=O) groups is 1. The van der Waals surface area contributed by atoms with E-state index in [2.05, 4.69) is 9.88 Å². The number of nitrogens with one attached hydrogen (secondary N) is 1. The first-order valence-electron chi connectivity index (χ1n) is 5.82. The van der Waals surface area contributed by atoms with Gasteiger partial charge in [-0.1, -0.05) is 0 Å². The van der Waals surface area contributed by atoms with Gasteiger partial charge >= 0.3 is 0 Å². The van der Waals surface area contributed by atoms with E-state index in [1.165, 1.54) is 0 Å². The van der Waals surface area contributed by atoms with E-state index < -0.39 is 0 Å². The summed E-state index contributed by atoms with van der Waals surface area (Å²) in [6.45, 7) is 2.89. The van der Waals surface area contributed by atoms with Crippen molar-refractivity contribution in [3.05, 3.63) is 24.5 Å². The summed E-state index contributed by atoms with van der Waals surface area (Å²) >= 11 is 0. The Kier molecular flexibility index (Phi) is 3.99. The molecule has 4 nitrogen and oxygen atoms in total. The van der Waals surface area contributed by atoms with E-state index in [-0.39, 0.29) is 11.8 Å². The van der Waals surface area contributed by atoms with Crippen LogP contribution < -0.4 is 5.32 Å². The Labute approximate surface area is 95.6 Å². The van der Waals surface area contributed by atoms with Crippen LogP contribution in [0.15, 0.2) is 24.5 Å². The molecule has 0 radical (unpaired) electrons. The van der Waals surface area contributed by atoms with Gasteiger partial charge in [-0.25, -0.2) is 0 Å². The van der Waals surface area contributed by atoms with Crippen molar-refractivity contribution in [1.29, 1.82) is 0 Å². The highest BCUT2D eigenvalue weighted by Crippen LogP contribution is 2.13. The number of carbonyl (C=O) groups excluding carboxylic acids is 1. The molecule has 88 valence electrons. The van der Waals surface area contributed by atoms with E-state index in [1.807, 2.05) is 24.5 Å². The minimum absolute atomic E-state index is 0.0541. The molecule has 16 heavy (non-hydrogen) atoms. The van der Waals surface area contributed by atoms with Crippen molar-refractivity contribution in [3.63, 3.8) is 0 Å². The fourth-order valence-electron chi connectivity index (χ4n) is 1.92. The fourth-order valence-corrected chi connectivity index (χ4v) is 1.92. The first-order chi connectivity index (χ1) is 7.86.